The molecule has 0 saturated carbocycles. The maximum atomic E-state index is 12.2. The van der Waals surface area contributed by atoms with Crippen molar-refractivity contribution in [1.82, 2.24) is 19.7 Å². The van der Waals surface area contributed by atoms with Gasteiger partial charge >= 0.3 is 0 Å². The summed E-state index contributed by atoms with van der Waals surface area (Å²) in [5.41, 5.74) is 6.42. The molecule has 1 aromatic heterocycles. The number of nitrogens with zero attached hydrogens (tertiary/aromatic N) is 3. The Bertz CT molecular complexity index is 700. The summed E-state index contributed by atoms with van der Waals surface area (Å²) in [6.07, 6.45) is 3.18. The number of sulfonamides is 1. The lowest BCUT2D eigenvalue weighted by Crippen LogP contribution is -2.28. The molecule has 0 radical (unpaired) electrons. The van der Waals surface area contributed by atoms with E-state index in [4.69, 9.17) is 17.3 Å². The number of aryl methyl sites for hydroxylation is 1. The van der Waals surface area contributed by atoms with Crippen LogP contribution in [0.3, 0.4) is 0 Å². The number of rotatable bonds is 5. The van der Waals surface area contributed by atoms with Crippen LogP contribution in [0.5, 0.6) is 0 Å². The molecular formula is C11H14ClN5O2S. The molecular weight excluding hydrogens is 302 g/mol. The van der Waals surface area contributed by atoms with E-state index in [0.29, 0.717) is 17.1 Å². The highest BCUT2D eigenvalue weighted by Gasteiger charge is 2.18. The monoisotopic (exact) mass is 315 g/mol. The Balaban J connectivity index is 2.12. The predicted octanol–water partition coefficient (Wildman–Crippen LogP) is 0.801. The molecule has 108 valence electrons. The van der Waals surface area contributed by atoms with Crippen LogP contribution in [0.2, 0.25) is 5.02 Å². The van der Waals surface area contributed by atoms with E-state index in [9.17, 15) is 8.42 Å². The Hall–Kier alpha value is -1.64. The number of nitrogens with two attached hydrogens (primary N) is 1. The topological polar surface area (TPSA) is 103 Å². The second-order valence-electron chi connectivity index (χ2n) is 4.20. The van der Waals surface area contributed by atoms with Crippen LogP contribution in [0.15, 0.2) is 29.4 Å². The van der Waals surface area contributed by atoms with Crippen molar-refractivity contribution in [1.29, 1.82) is 0 Å². The Morgan fingerprint density at radius 2 is 2.20 bits per heavy atom. The van der Waals surface area contributed by atoms with Crippen molar-refractivity contribution >= 4 is 27.3 Å². The molecule has 0 bridgehead atoms. The quantitative estimate of drug-likeness (QED) is 0.794. The van der Waals surface area contributed by atoms with Crippen molar-refractivity contribution in [3.05, 3.63) is 35.1 Å². The van der Waals surface area contributed by atoms with Crippen LogP contribution in [0.25, 0.3) is 0 Å². The summed E-state index contributed by atoms with van der Waals surface area (Å²) >= 11 is 5.85. The zero-order valence-electron chi connectivity index (χ0n) is 10.7. The number of halogens is 1. The fraction of sp³-hybridized carbons (Fsp3) is 0.273. The van der Waals surface area contributed by atoms with Gasteiger partial charge in [-0.15, -0.1) is 5.10 Å². The second-order valence-corrected chi connectivity index (χ2v) is 6.35. The van der Waals surface area contributed by atoms with Gasteiger partial charge in [-0.25, -0.2) is 13.1 Å². The molecule has 0 aliphatic heterocycles. The summed E-state index contributed by atoms with van der Waals surface area (Å²) < 4.78 is 28.4. The van der Waals surface area contributed by atoms with E-state index < -0.39 is 10.0 Å². The van der Waals surface area contributed by atoms with Gasteiger partial charge in [-0.1, -0.05) is 16.8 Å². The molecule has 0 spiro atoms. The minimum atomic E-state index is -3.63. The molecule has 0 aliphatic carbocycles. The molecule has 0 aliphatic rings. The summed E-state index contributed by atoms with van der Waals surface area (Å²) in [5, 5.41) is 7.72. The van der Waals surface area contributed by atoms with Gasteiger partial charge in [0.15, 0.2) is 0 Å². The molecule has 0 atom stereocenters. The van der Waals surface area contributed by atoms with Crippen LogP contribution >= 0.6 is 11.6 Å². The number of nitrogens with one attached hydrogen (secondary N) is 1. The van der Waals surface area contributed by atoms with E-state index in [2.05, 4.69) is 15.0 Å². The van der Waals surface area contributed by atoms with E-state index in [-0.39, 0.29) is 17.1 Å². The van der Waals surface area contributed by atoms with Crippen molar-refractivity contribution in [2.24, 2.45) is 0 Å². The zero-order chi connectivity index (χ0) is 14.8. The van der Waals surface area contributed by atoms with Crippen molar-refractivity contribution in [3.8, 4) is 0 Å². The van der Waals surface area contributed by atoms with E-state index in [1.807, 2.05) is 0 Å². The molecule has 0 fully saturated rings. The zero-order valence-corrected chi connectivity index (χ0v) is 12.3. The molecule has 7 nitrogen and oxygen atoms in total. The van der Waals surface area contributed by atoms with Gasteiger partial charge in [-0.2, -0.15) is 0 Å². The van der Waals surface area contributed by atoms with Crippen molar-refractivity contribution in [2.45, 2.75) is 18.4 Å². The highest BCUT2D eigenvalue weighted by atomic mass is 35.5. The maximum absolute atomic E-state index is 12.2. The summed E-state index contributed by atoms with van der Waals surface area (Å²) in [5.74, 6) is 0. The Morgan fingerprint density at radius 3 is 2.85 bits per heavy atom. The number of anilines is 1. The lowest BCUT2D eigenvalue weighted by atomic mass is 10.2. The van der Waals surface area contributed by atoms with Gasteiger partial charge in [0.2, 0.25) is 10.0 Å². The number of benzene rings is 1. The lowest BCUT2D eigenvalue weighted by molar-refractivity contribution is 0.552. The fourth-order valence-electron chi connectivity index (χ4n) is 1.68. The van der Waals surface area contributed by atoms with Crippen molar-refractivity contribution < 1.29 is 8.42 Å². The number of hydrogen-bond donors (Lipinski definition) is 2. The fourth-order valence-corrected chi connectivity index (χ4v) is 3.18. The van der Waals surface area contributed by atoms with Gasteiger partial charge in [0, 0.05) is 12.7 Å². The molecule has 1 heterocycles. The van der Waals surface area contributed by atoms with E-state index >= 15 is 0 Å². The van der Waals surface area contributed by atoms with Gasteiger partial charge in [0.05, 0.1) is 28.3 Å². The first-order valence-corrected chi connectivity index (χ1v) is 7.65. The van der Waals surface area contributed by atoms with Crippen molar-refractivity contribution in [2.75, 3.05) is 12.3 Å². The number of nitrogen functional groups attached to an aromatic ring is 1. The van der Waals surface area contributed by atoms with E-state index in [1.54, 1.807) is 13.1 Å². The van der Waals surface area contributed by atoms with E-state index in [0.717, 1.165) is 0 Å². The molecule has 9 heteroatoms. The normalized spacial score (nSPS) is 11.7. The summed E-state index contributed by atoms with van der Waals surface area (Å²) in [6, 6.07) is 2.89. The van der Waals surface area contributed by atoms with Gasteiger partial charge in [-0.05, 0) is 24.6 Å². The van der Waals surface area contributed by atoms with Crippen LogP contribution in [0.1, 0.15) is 5.56 Å². The molecule has 20 heavy (non-hydrogen) atoms. The molecule has 0 amide bonds. The lowest BCUT2D eigenvalue weighted by Gasteiger charge is -2.11. The minimum absolute atomic E-state index is 0.123. The third-order valence-corrected chi connectivity index (χ3v) is 4.62. The number of hydrogen-bond acceptors (Lipinski definition) is 5. The molecule has 0 unspecified atom stereocenters. The van der Waals surface area contributed by atoms with Crippen molar-refractivity contribution in [3.63, 3.8) is 0 Å². The van der Waals surface area contributed by atoms with Crippen LogP contribution in [-0.4, -0.2) is 30.0 Å². The van der Waals surface area contributed by atoms with Crippen LogP contribution in [-0.2, 0) is 16.6 Å². The molecule has 1 aromatic carbocycles. The van der Waals surface area contributed by atoms with E-state index in [1.165, 1.54) is 23.0 Å². The Labute approximate surface area is 121 Å². The summed E-state index contributed by atoms with van der Waals surface area (Å²) in [7, 11) is -3.63. The van der Waals surface area contributed by atoms with Gasteiger partial charge in [-0.3, -0.25) is 4.68 Å². The third kappa shape index (κ3) is 3.27. The summed E-state index contributed by atoms with van der Waals surface area (Å²) in [4.78, 5) is 0.123. The average molecular weight is 316 g/mol. The van der Waals surface area contributed by atoms with Crippen LogP contribution in [0, 0.1) is 6.92 Å². The first kappa shape index (κ1) is 14.8. The number of aromatic nitrogens is 3. The van der Waals surface area contributed by atoms with Crippen LogP contribution in [0.4, 0.5) is 5.69 Å². The summed E-state index contributed by atoms with van der Waals surface area (Å²) in [6.45, 7) is 2.26. The highest BCUT2D eigenvalue weighted by molar-refractivity contribution is 7.89. The standard InChI is InChI=1S/C11H14ClN5O2S/c1-8-6-9(12)10(13)7-11(8)20(18,19)15-3-5-17-4-2-14-16-17/h2,4,6-7,15H,3,5,13H2,1H3. The maximum Gasteiger partial charge on any atom is 0.240 e. The highest BCUT2D eigenvalue weighted by Crippen LogP contribution is 2.25. The molecule has 2 aromatic rings. The average Bonchev–Trinajstić information content (AvgIpc) is 2.86. The predicted molar refractivity (Wildman–Crippen MR) is 75.8 cm³/mol. The van der Waals surface area contributed by atoms with Gasteiger partial charge in [0.1, 0.15) is 0 Å². The van der Waals surface area contributed by atoms with Gasteiger partial charge in [0.25, 0.3) is 0 Å². The third-order valence-electron chi connectivity index (χ3n) is 2.69. The first-order valence-electron chi connectivity index (χ1n) is 5.79. The van der Waals surface area contributed by atoms with Crippen LogP contribution < -0.4 is 10.5 Å². The Morgan fingerprint density at radius 1 is 1.45 bits per heavy atom. The van der Waals surface area contributed by atoms with Gasteiger partial charge < -0.3 is 5.73 Å². The smallest absolute Gasteiger partial charge is 0.240 e. The molecule has 0 saturated heterocycles. The largest absolute Gasteiger partial charge is 0.397 e. The molecule has 3 N–H and O–H groups in total. The minimum Gasteiger partial charge on any atom is -0.397 e. The Kier molecular flexibility index (Phi) is 4.26. The SMILES string of the molecule is Cc1cc(Cl)c(N)cc1S(=O)(=O)NCCn1ccnn1. The first-order chi connectivity index (χ1) is 9.40. The second kappa shape index (κ2) is 5.78. The molecule has 2 rings (SSSR count).